The first-order chi connectivity index (χ1) is 10.6. The van der Waals surface area contributed by atoms with Gasteiger partial charge in [0.1, 0.15) is 0 Å². The van der Waals surface area contributed by atoms with Crippen LogP contribution in [0, 0.1) is 13.8 Å². The van der Waals surface area contributed by atoms with Crippen LogP contribution in [-0.2, 0) is 0 Å². The summed E-state index contributed by atoms with van der Waals surface area (Å²) in [6, 6.07) is 15.4. The Hall–Kier alpha value is -2.17. The summed E-state index contributed by atoms with van der Waals surface area (Å²) < 4.78 is 0. The Morgan fingerprint density at radius 3 is 2.48 bits per heavy atom. The van der Waals surface area contributed by atoms with Crippen molar-refractivity contribution in [3.05, 3.63) is 70.6 Å². The predicted octanol–water partition coefficient (Wildman–Crippen LogP) is 5.10. The van der Waals surface area contributed by atoms with Gasteiger partial charge in [-0.05, 0) is 43.2 Å². The third-order valence-electron chi connectivity index (χ3n) is 3.56. The molecule has 0 aliphatic heterocycles. The topological polar surface area (TPSA) is 42.0 Å². The molecule has 0 fully saturated rings. The zero-order valence-corrected chi connectivity index (χ0v) is 14.5. The summed E-state index contributed by atoms with van der Waals surface area (Å²) in [7, 11) is 0. The van der Waals surface area contributed by atoms with E-state index in [1.54, 1.807) is 12.1 Å². The Morgan fingerprint density at radius 1 is 1.04 bits per heavy atom. The maximum absolute atomic E-state index is 12.1. The number of aryl methyl sites for hydroxylation is 2. The van der Waals surface area contributed by atoms with Crippen molar-refractivity contribution < 1.29 is 4.79 Å². The molecular formula is C18H17ClN2OS. The number of thiazole rings is 1. The standard InChI is InChI=1S/C18H16N2OS.ClH/c1-12-8-9-15(10-13(12)2)16-11-22-18(19-16)20-17(21)14-6-4-3-5-7-14;/h3-11H,1-2H3,(H,19,20,21);1H. The number of hydrogen-bond donors (Lipinski definition) is 1. The monoisotopic (exact) mass is 344 g/mol. The van der Waals surface area contributed by atoms with Crippen LogP contribution < -0.4 is 5.32 Å². The normalized spacial score (nSPS) is 10.0. The van der Waals surface area contributed by atoms with Gasteiger partial charge in [0, 0.05) is 16.5 Å². The summed E-state index contributed by atoms with van der Waals surface area (Å²) in [5.74, 6) is -0.137. The van der Waals surface area contributed by atoms with Crippen molar-refractivity contribution in [2.24, 2.45) is 0 Å². The Bertz CT molecular complexity index is 815. The zero-order chi connectivity index (χ0) is 15.5. The molecular weight excluding hydrogens is 328 g/mol. The van der Waals surface area contributed by atoms with E-state index in [-0.39, 0.29) is 18.3 Å². The lowest BCUT2D eigenvalue weighted by Gasteiger charge is -2.03. The van der Waals surface area contributed by atoms with Crippen LogP contribution in [0.15, 0.2) is 53.9 Å². The molecule has 23 heavy (non-hydrogen) atoms. The number of benzene rings is 2. The summed E-state index contributed by atoms with van der Waals surface area (Å²) in [6.07, 6.45) is 0. The fraction of sp³-hybridized carbons (Fsp3) is 0.111. The average molecular weight is 345 g/mol. The minimum absolute atomic E-state index is 0. The van der Waals surface area contributed by atoms with Gasteiger partial charge in [0.05, 0.1) is 5.69 Å². The molecule has 0 spiro atoms. The van der Waals surface area contributed by atoms with Crippen LogP contribution in [0.3, 0.4) is 0 Å². The quantitative estimate of drug-likeness (QED) is 0.718. The number of carbonyl (C=O) groups is 1. The third kappa shape index (κ3) is 3.97. The zero-order valence-electron chi connectivity index (χ0n) is 12.9. The van der Waals surface area contributed by atoms with Gasteiger partial charge in [-0.15, -0.1) is 23.7 Å². The maximum atomic E-state index is 12.1. The minimum Gasteiger partial charge on any atom is -0.298 e. The van der Waals surface area contributed by atoms with Gasteiger partial charge in [-0.2, -0.15) is 0 Å². The first-order valence-corrected chi connectivity index (χ1v) is 7.91. The third-order valence-corrected chi connectivity index (χ3v) is 4.32. The molecule has 0 atom stereocenters. The highest BCUT2D eigenvalue weighted by molar-refractivity contribution is 7.14. The van der Waals surface area contributed by atoms with E-state index in [1.165, 1.54) is 22.5 Å². The number of amides is 1. The van der Waals surface area contributed by atoms with Crippen LogP contribution in [0.4, 0.5) is 5.13 Å². The Kier molecular flexibility index (Phi) is 5.53. The number of halogens is 1. The number of nitrogens with one attached hydrogen (secondary N) is 1. The summed E-state index contributed by atoms with van der Waals surface area (Å²) in [6.45, 7) is 4.18. The average Bonchev–Trinajstić information content (AvgIpc) is 2.99. The Morgan fingerprint density at radius 2 is 1.78 bits per heavy atom. The predicted molar refractivity (Wildman–Crippen MR) is 98.7 cm³/mol. The summed E-state index contributed by atoms with van der Waals surface area (Å²) in [5.41, 5.74) is 5.08. The van der Waals surface area contributed by atoms with Gasteiger partial charge < -0.3 is 0 Å². The second-order valence-corrected chi connectivity index (χ2v) is 6.02. The van der Waals surface area contributed by atoms with Gasteiger partial charge in [0.25, 0.3) is 5.91 Å². The highest BCUT2D eigenvalue weighted by Gasteiger charge is 2.10. The molecule has 1 N–H and O–H groups in total. The number of rotatable bonds is 3. The highest BCUT2D eigenvalue weighted by Crippen LogP contribution is 2.26. The maximum Gasteiger partial charge on any atom is 0.257 e. The smallest absolute Gasteiger partial charge is 0.257 e. The number of carbonyl (C=O) groups excluding carboxylic acids is 1. The molecule has 1 heterocycles. The van der Waals surface area contributed by atoms with E-state index < -0.39 is 0 Å². The highest BCUT2D eigenvalue weighted by atomic mass is 35.5. The van der Waals surface area contributed by atoms with Crippen molar-refractivity contribution >= 4 is 34.8 Å². The van der Waals surface area contributed by atoms with Gasteiger partial charge in [0.2, 0.25) is 0 Å². The molecule has 0 radical (unpaired) electrons. The van der Waals surface area contributed by atoms with Crippen LogP contribution >= 0.6 is 23.7 Å². The fourth-order valence-corrected chi connectivity index (χ4v) is 2.84. The van der Waals surface area contributed by atoms with Gasteiger partial charge in [-0.3, -0.25) is 10.1 Å². The first kappa shape index (κ1) is 17.2. The van der Waals surface area contributed by atoms with E-state index in [0.29, 0.717) is 10.7 Å². The molecule has 0 saturated carbocycles. The van der Waals surface area contributed by atoms with E-state index >= 15 is 0 Å². The van der Waals surface area contributed by atoms with Gasteiger partial charge >= 0.3 is 0 Å². The second-order valence-electron chi connectivity index (χ2n) is 5.16. The molecule has 0 aliphatic carbocycles. The first-order valence-electron chi connectivity index (χ1n) is 7.03. The van der Waals surface area contributed by atoms with Gasteiger partial charge in [-0.1, -0.05) is 30.3 Å². The molecule has 118 valence electrons. The van der Waals surface area contributed by atoms with Crippen molar-refractivity contribution in [1.82, 2.24) is 4.98 Å². The molecule has 3 nitrogen and oxygen atoms in total. The van der Waals surface area contributed by atoms with Crippen molar-refractivity contribution in [1.29, 1.82) is 0 Å². The van der Waals surface area contributed by atoms with E-state index in [0.717, 1.165) is 11.3 Å². The van der Waals surface area contributed by atoms with Crippen molar-refractivity contribution in [2.45, 2.75) is 13.8 Å². The molecule has 3 aromatic rings. The number of nitrogens with zero attached hydrogens (tertiary/aromatic N) is 1. The summed E-state index contributed by atoms with van der Waals surface area (Å²) in [5, 5.41) is 5.42. The minimum atomic E-state index is -0.137. The molecule has 3 rings (SSSR count). The van der Waals surface area contributed by atoms with Gasteiger partial charge in [0.15, 0.2) is 5.13 Å². The molecule has 1 amide bonds. The van der Waals surface area contributed by atoms with E-state index in [4.69, 9.17) is 0 Å². The molecule has 0 bridgehead atoms. The molecule has 5 heteroatoms. The Labute approximate surface area is 145 Å². The van der Waals surface area contributed by atoms with Crippen LogP contribution in [0.25, 0.3) is 11.3 Å². The van der Waals surface area contributed by atoms with Crippen LogP contribution in [0.1, 0.15) is 21.5 Å². The van der Waals surface area contributed by atoms with E-state index in [9.17, 15) is 4.79 Å². The van der Waals surface area contributed by atoms with E-state index in [1.807, 2.05) is 23.6 Å². The largest absolute Gasteiger partial charge is 0.298 e. The Balaban J connectivity index is 0.00000192. The molecule has 0 aliphatic rings. The lowest BCUT2D eigenvalue weighted by molar-refractivity contribution is 0.102. The summed E-state index contributed by atoms with van der Waals surface area (Å²) in [4.78, 5) is 16.6. The van der Waals surface area contributed by atoms with Gasteiger partial charge in [-0.25, -0.2) is 4.98 Å². The second kappa shape index (κ2) is 7.40. The fourth-order valence-electron chi connectivity index (χ4n) is 2.12. The van der Waals surface area contributed by atoms with Crippen molar-refractivity contribution in [3.63, 3.8) is 0 Å². The van der Waals surface area contributed by atoms with E-state index in [2.05, 4.69) is 42.3 Å². The van der Waals surface area contributed by atoms with Crippen LogP contribution in [-0.4, -0.2) is 10.9 Å². The number of aromatic nitrogens is 1. The van der Waals surface area contributed by atoms with Crippen molar-refractivity contribution in [3.8, 4) is 11.3 Å². The van der Waals surface area contributed by atoms with Crippen LogP contribution in [0.2, 0.25) is 0 Å². The van der Waals surface area contributed by atoms with Crippen molar-refractivity contribution in [2.75, 3.05) is 5.32 Å². The summed E-state index contributed by atoms with van der Waals surface area (Å²) >= 11 is 1.43. The van der Waals surface area contributed by atoms with Crippen LogP contribution in [0.5, 0.6) is 0 Å². The number of hydrogen-bond acceptors (Lipinski definition) is 3. The molecule has 2 aromatic carbocycles. The molecule has 0 saturated heterocycles. The molecule has 0 unspecified atom stereocenters. The number of anilines is 1. The lowest BCUT2D eigenvalue weighted by atomic mass is 10.1. The molecule has 1 aromatic heterocycles. The lowest BCUT2D eigenvalue weighted by Crippen LogP contribution is -2.11. The SMILES string of the molecule is Cc1ccc(-c2csc(NC(=O)c3ccccc3)n2)cc1C.Cl.